The highest BCUT2D eigenvalue weighted by atomic mass is 15.1. The van der Waals surface area contributed by atoms with Crippen LogP contribution in [0.5, 0.6) is 0 Å². The maximum atomic E-state index is 4.52. The first kappa shape index (κ1) is 9.71. The van der Waals surface area contributed by atoms with Crippen molar-refractivity contribution in [1.29, 1.82) is 0 Å². The van der Waals surface area contributed by atoms with Crippen molar-refractivity contribution in [2.45, 2.75) is 38.6 Å². The Labute approximate surface area is 85.5 Å². The second-order valence-electron chi connectivity index (χ2n) is 4.07. The molecule has 0 saturated carbocycles. The van der Waals surface area contributed by atoms with Gasteiger partial charge in [0, 0.05) is 18.9 Å². The van der Waals surface area contributed by atoms with Gasteiger partial charge in [0.05, 0.1) is 6.04 Å². The van der Waals surface area contributed by atoms with Crippen LogP contribution in [-0.2, 0) is 13.5 Å². The van der Waals surface area contributed by atoms with Gasteiger partial charge in [0.1, 0.15) is 5.82 Å². The number of aromatic nitrogens is 2. The van der Waals surface area contributed by atoms with Crippen LogP contribution in [-0.4, -0.2) is 16.1 Å². The van der Waals surface area contributed by atoms with E-state index in [1.807, 2.05) is 6.20 Å². The minimum atomic E-state index is 0.491. The highest BCUT2D eigenvalue weighted by Crippen LogP contribution is 2.22. The Morgan fingerprint density at radius 2 is 2.50 bits per heavy atom. The summed E-state index contributed by atoms with van der Waals surface area (Å²) in [5, 5.41) is 3.49. The van der Waals surface area contributed by atoms with E-state index in [1.165, 1.54) is 30.8 Å². The van der Waals surface area contributed by atoms with Gasteiger partial charge in [0.25, 0.3) is 0 Å². The van der Waals surface area contributed by atoms with Crippen molar-refractivity contribution in [2.75, 3.05) is 6.54 Å². The van der Waals surface area contributed by atoms with Gasteiger partial charge >= 0.3 is 0 Å². The van der Waals surface area contributed by atoms with E-state index in [0.717, 1.165) is 13.0 Å². The smallest absolute Gasteiger partial charge is 0.125 e. The molecule has 1 fully saturated rings. The summed E-state index contributed by atoms with van der Waals surface area (Å²) in [6, 6.07) is 0.491. The van der Waals surface area contributed by atoms with E-state index in [-0.39, 0.29) is 0 Å². The van der Waals surface area contributed by atoms with Crippen LogP contribution in [0.4, 0.5) is 0 Å². The van der Waals surface area contributed by atoms with Gasteiger partial charge in [-0.15, -0.1) is 0 Å². The van der Waals surface area contributed by atoms with Crippen molar-refractivity contribution in [2.24, 2.45) is 7.05 Å². The fourth-order valence-electron chi connectivity index (χ4n) is 2.18. The number of rotatable bonds is 3. The first-order valence-corrected chi connectivity index (χ1v) is 5.56. The number of imidazole rings is 1. The third-order valence-corrected chi connectivity index (χ3v) is 3.00. The van der Waals surface area contributed by atoms with Crippen molar-refractivity contribution < 1.29 is 0 Å². The van der Waals surface area contributed by atoms with Gasteiger partial charge in [0.2, 0.25) is 0 Å². The van der Waals surface area contributed by atoms with E-state index in [4.69, 9.17) is 0 Å². The molecule has 3 heteroatoms. The molecule has 78 valence electrons. The van der Waals surface area contributed by atoms with E-state index in [2.05, 4.69) is 28.8 Å². The molecule has 2 rings (SSSR count). The number of aryl methyl sites for hydroxylation is 1. The maximum absolute atomic E-state index is 4.52. The van der Waals surface area contributed by atoms with Crippen LogP contribution in [0.3, 0.4) is 0 Å². The van der Waals surface area contributed by atoms with Gasteiger partial charge in [-0.2, -0.15) is 0 Å². The topological polar surface area (TPSA) is 29.9 Å². The first-order chi connectivity index (χ1) is 6.83. The Morgan fingerprint density at radius 3 is 3.14 bits per heavy atom. The first-order valence-electron chi connectivity index (χ1n) is 5.56. The number of hydrogen-bond donors (Lipinski definition) is 1. The van der Waals surface area contributed by atoms with E-state index in [9.17, 15) is 0 Å². The molecule has 2 heterocycles. The second kappa shape index (κ2) is 4.13. The summed E-state index contributed by atoms with van der Waals surface area (Å²) < 4.78 is 2.26. The lowest BCUT2D eigenvalue weighted by molar-refractivity contribution is 0.572. The van der Waals surface area contributed by atoms with E-state index in [1.54, 1.807) is 0 Å². The summed E-state index contributed by atoms with van der Waals surface area (Å²) in [4.78, 5) is 4.52. The minimum absolute atomic E-state index is 0.491. The van der Waals surface area contributed by atoms with Gasteiger partial charge in [-0.25, -0.2) is 4.98 Å². The highest BCUT2D eigenvalue weighted by Gasteiger charge is 2.20. The SMILES string of the molecule is CCCc1cnc(C2CCCN2)n1C. The lowest BCUT2D eigenvalue weighted by atomic mass is 10.2. The zero-order valence-electron chi connectivity index (χ0n) is 9.08. The summed E-state index contributed by atoms with van der Waals surface area (Å²) in [6.07, 6.45) is 6.86. The molecule has 1 aliphatic rings. The van der Waals surface area contributed by atoms with Crippen molar-refractivity contribution in [1.82, 2.24) is 14.9 Å². The van der Waals surface area contributed by atoms with Gasteiger partial charge in [-0.05, 0) is 25.8 Å². The summed E-state index contributed by atoms with van der Waals surface area (Å²) in [6.45, 7) is 3.35. The Kier molecular flexibility index (Phi) is 2.87. The molecule has 1 aliphatic heterocycles. The molecule has 0 radical (unpaired) electrons. The van der Waals surface area contributed by atoms with Crippen molar-refractivity contribution in [3.05, 3.63) is 17.7 Å². The van der Waals surface area contributed by atoms with E-state index in [0.29, 0.717) is 6.04 Å². The summed E-state index contributed by atoms with van der Waals surface area (Å²) in [5.41, 5.74) is 1.36. The van der Waals surface area contributed by atoms with E-state index < -0.39 is 0 Å². The lowest BCUT2D eigenvalue weighted by Crippen LogP contribution is -2.17. The van der Waals surface area contributed by atoms with Gasteiger partial charge in [-0.3, -0.25) is 0 Å². The third-order valence-electron chi connectivity index (χ3n) is 3.00. The van der Waals surface area contributed by atoms with Crippen LogP contribution in [0.1, 0.15) is 43.7 Å². The molecule has 0 amide bonds. The molecule has 0 aliphatic carbocycles. The highest BCUT2D eigenvalue weighted by molar-refractivity contribution is 5.09. The number of hydrogen-bond acceptors (Lipinski definition) is 2. The Hall–Kier alpha value is -0.830. The van der Waals surface area contributed by atoms with Crippen LogP contribution in [0.15, 0.2) is 6.20 Å². The molecule has 1 aromatic rings. The lowest BCUT2D eigenvalue weighted by Gasteiger charge is -2.11. The zero-order chi connectivity index (χ0) is 9.97. The van der Waals surface area contributed by atoms with Crippen LogP contribution in [0.2, 0.25) is 0 Å². The normalized spacial score (nSPS) is 21.7. The molecule has 3 nitrogen and oxygen atoms in total. The van der Waals surface area contributed by atoms with Crippen molar-refractivity contribution in [3.63, 3.8) is 0 Å². The van der Waals surface area contributed by atoms with Crippen LogP contribution in [0.25, 0.3) is 0 Å². The largest absolute Gasteiger partial charge is 0.334 e. The molecule has 1 atom stereocenters. The monoisotopic (exact) mass is 193 g/mol. The Bertz CT molecular complexity index is 297. The van der Waals surface area contributed by atoms with Gasteiger partial charge in [-0.1, -0.05) is 13.3 Å². The molecule has 1 aromatic heterocycles. The maximum Gasteiger partial charge on any atom is 0.125 e. The van der Waals surface area contributed by atoms with Gasteiger partial charge in [0.15, 0.2) is 0 Å². The predicted molar refractivity (Wildman–Crippen MR) is 57.2 cm³/mol. The summed E-state index contributed by atoms with van der Waals surface area (Å²) in [7, 11) is 2.13. The van der Waals surface area contributed by atoms with Crippen LogP contribution >= 0.6 is 0 Å². The predicted octanol–water partition coefficient (Wildman–Crippen LogP) is 1.80. The second-order valence-corrected chi connectivity index (χ2v) is 4.07. The molecule has 1 unspecified atom stereocenters. The third kappa shape index (κ3) is 1.69. The Balaban J connectivity index is 2.17. The van der Waals surface area contributed by atoms with Gasteiger partial charge < -0.3 is 9.88 Å². The summed E-state index contributed by atoms with van der Waals surface area (Å²) in [5.74, 6) is 1.21. The summed E-state index contributed by atoms with van der Waals surface area (Å²) >= 11 is 0. The van der Waals surface area contributed by atoms with Crippen molar-refractivity contribution >= 4 is 0 Å². The molecular formula is C11H19N3. The molecule has 0 bridgehead atoms. The molecule has 1 N–H and O–H groups in total. The quantitative estimate of drug-likeness (QED) is 0.793. The molecule has 0 spiro atoms. The number of nitrogens with zero attached hydrogens (tertiary/aromatic N) is 2. The van der Waals surface area contributed by atoms with Crippen LogP contribution < -0.4 is 5.32 Å². The Morgan fingerprint density at radius 1 is 1.64 bits per heavy atom. The van der Waals surface area contributed by atoms with Crippen molar-refractivity contribution in [3.8, 4) is 0 Å². The van der Waals surface area contributed by atoms with E-state index >= 15 is 0 Å². The molecule has 1 saturated heterocycles. The standard InChI is InChI=1S/C11H19N3/c1-3-5-9-8-13-11(14(9)2)10-6-4-7-12-10/h8,10,12H,3-7H2,1-2H3. The molecule has 14 heavy (non-hydrogen) atoms. The fraction of sp³-hybridized carbons (Fsp3) is 0.727. The fourth-order valence-corrected chi connectivity index (χ4v) is 2.18. The minimum Gasteiger partial charge on any atom is -0.334 e. The molecular weight excluding hydrogens is 174 g/mol. The van der Waals surface area contributed by atoms with Crippen LogP contribution in [0, 0.1) is 0 Å². The average Bonchev–Trinajstić information content (AvgIpc) is 2.77. The average molecular weight is 193 g/mol. The molecule has 0 aromatic carbocycles. The zero-order valence-corrected chi connectivity index (χ0v) is 9.08. The number of nitrogens with one attached hydrogen (secondary N) is 1.